The molecule has 5 heteroatoms. The van der Waals surface area contributed by atoms with Crippen LogP contribution in [-0.2, 0) is 0 Å². The maximum absolute atomic E-state index is 9.15. The van der Waals surface area contributed by atoms with E-state index < -0.39 is 0 Å². The number of hydrogen-bond acceptors (Lipinski definition) is 5. The van der Waals surface area contributed by atoms with E-state index in [-0.39, 0.29) is 12.1 Å². The molecule has 0 amide bonds. The minimum absolute atomic E-state index is 0.0816. The molecule has 1 aromatic rings. The van der Waals surface area contributed by atoms with Crippen molar-refractivity contribution >= 4 is 22.6 Å². The van der Waals surface area contributed by atoms with Gasteiger partial charge >= 0.3 is 0 Å². The molecular weight excluding hydrogens is 210 g/mol. The summed E-state index contributed by atoms with van der Waals surface area (Å²) >= 11 is 1.62. The van der Waals surface area contributed by atoms with Gasteiger partial charge in [0.2, 0.25) is 0 Å². The molecule has 0 fully saturated rings. The molecule has 2 N–H and O–H groups in total. The minimum atomic E-state index is -0.338. The van der Waals surface area contributed by atoms with E-state index in [1.54, 1.807) is 24.2 Å². The normalized spacial score (nSPS) is 25.1. The van der Waals surface area contributed by atoms with Gasteiger partial charge in [0.15, 0.2) is 5.17 Å². The van der Waals surface area contributed by atoms with Gasteiger partial charge in [0.25, 0.3) is 0 Å². The Kier molecular flexibility index (Phi) is 2.93. The van der Waals surface area contributed by atoms with Gasteiger partial charge in [-0.15, -0.1) is 0 Å². The highest BCUT2D eigenvalue weighted by molar-refractivity contribution is 8.14. The Labute approximate surface area is 92.8 Å². The number of aliphatic hydroxyl groups excluding tert-OH is 1. The van der Waals surface area contributed by atoms with Gasteiger partial charge in [-0.25, -0.2) is 0 Å². The number of aromatic nitrogens is 1. The molecule has 0 bridgehead atoms. The van der Waals surface area contributed by atoms with E-state index in [4.69, 9.17) is 5.11 Å². The molecule has 1 aliphatic rings. The molecule has 0 saturated heterocycles. The summed E-state index contributed by atoms with van der Waals surface area (Å²) in [7, 11) is 0. The molecule has 0 aliphatic carbocycles. The van der Waals surface area contributed by atoms with Crippen LogP contribution in [0.2, 0.25) is 0 Å². The molecule has 1 aromatic heterocycles. The van der Waals surface area contributed by atoms with Crippen LogP contribution in [0.3, 0.4) is 0 Å². The Morgan fingerprint density at radius 3 is 3.13 bits per heavy atom. The third-order valence-corrected chi connectivity index (χ3v) is 3.38. The van der Waals surface area contributed by atoms with Crippen molar-refractivity contribution in [1.82, 2.24) is 4.98 Å². The fourth-order valence-electron chi connectivity index (χ4n) is 1.24. The van der Waals surface area contributed by atoms with E-state index in [0.717, 1.165) is 16.6 Å². The predicted molar refractivity (Wildman–Crippen MR) is 63.2 cm³/mol. The molecular formula is C10H13N3OS. The maximum atomic E-state index is 9.15. The molecule has 0 aromatic carbocycles. The third kappa shape index (κ3) is 2.49. The van der Waals surface area contributed by atoms with Crippen LogP contribution < -0.4 is 5.32 Å². The van der Waals surface area contributed by atoms with Crippen molar-refractivity contribution in [2.75, 3.05) is 17.7 Å². The van der Waals surface area contributed by atoms with Crippen molar-refractivity contribution in [3.05, 3.63) is 24.5 Å². The highest BCUT2D eigenvalue weighted by Gasteiger charge is 2.29. The second kappa shape index (κ2) is 4.20. The van der Waals surface area contributed by atoms with Crippen molar-refractivity contribution < 1.29 is 5.11 Å². The van der Waals surface area contributed by atoms with Crippen LogP contribution in [0.15, 0.2) is 29.5 Å². The first-order valence-corrected chi connectivity index (χ1v) is 5.71. The summed E-state index contributed by atoms with van der Waals surface area (Å²) in [4.78, 5) is 8.43. The minimum Gasteiger partial charge on any atom is -0.394 e. The molecule has 15 heavy (non-hydrogen) atoms. The maximum Gasteiger partial charge on any atom is 0.161 e. The van der Waals surface area contributed by atoms with Crippen LogP contribution in [0.4, 0.5) is 5.69 Å². The smallest absolute Gasteiger partial charge is 0.161 e. The van der Waals surface area contributed by atoms with Crippen molar-refractivity contribution in [2.24, 2.45) is 4.99 Å². The number of pyridine rings is 1. The van der Waals surface area contributed by atoms with Crippen LogP contribution in [-0.4, -0.2) is 33.2 Å². The third-order valence-electron chi connectivity index (χ3n) is 2.14. The molecule has 1 atom stereocenters. The Morgan fingerprint density at radius 1 is 1.67 bits per heavy atom. The van der Waals surface area contributed by atoms with Gasteiger partial charge in [0.05, 0.1) is 24.0 Å². The number of anilines is 1. The fourth-order valence-corrected chi connectivity index (χ4v) is 2.32. The van der Waals surface area contributed by atoms with Crippen molar-refractivity contribution in [2.45, 2.75) is 12.5 Å². The highest BCUT2D eigenvalue weighted by atomic mass is 32.2. The van der Waals surface area contributed by atoms with Crippen LogP contribution in [0, 0.1) is 0 Å². The molecule has 4 nitrogen and oxygen atoms in total. The number of aliphatic hydroxyl groups is 1. The average Bonchev–Trinajstić information content (AvgIpc) is 2.63. The van der Waals surface area contributed by atoms with Gasteiger partial charge in [-0.3, -0.25) is 9.98 Å². The molecule has 0 radical (unpaired) electrons. The van der Waals surface area contributed by atoms with E-state index >= 15 is 0 Å². The van der Waals surface area contributed by atoms with E-state index in [0.29, 0.717) is 0 Å². The fraction of sp³-hybridized carbons (Fsp3) is 0.400. The topological polar surface area (TPSA) is 57.5 Å². The van der Waals surface area contributed by atoms with Gasteiger partial charge in [0, 0.05) is 11.9 Å². The van der Waals surface area contributed by atoms with Crippen molar-refractivity contribution in [3.63, 3.8) is 0 Å². The second-order valence-electron chi connectivity index (χ2n) is 3.73. The number of nitrogens with zero attached hydrogens (tertiary/aromatic N) is 2. The van der Waals surface area contributed by atoms with Crippen LogP contribution in [0.5, 0.6) is 0 Å². The molecule has 0 unspecified atom stereocenters. The monoisotopic (exact) mass is 223 g/mol. The average molecular weight is 223 g/mol. The lowest BCUT2D eigenvalue weighted by Gasteiger charge is -2.14. The Morgan fingerprint density at radius 2 is 2.53 bits per heavy atom. The van der Waals surface area contributed by atoms with Crippen molar-refractivity contribution in [1.29, 1.82) is 0 Å². The lowest BCUT2D eigenvalue weighted by molar-refractivity contribution is 0.227. The number of rotatable bonds is 2. The standard InChI is InChI=1S/C10H13N3OS/c1-10(6-14)7-15-9(13-10)12-8-3-2-4-11-5-8/h2-5,14H,6-7H2,1H3,(H,12,13)/t10-/m0/s1. The molecule has 80 valence electrons. The van der Waals surface area contributed by atoms with Gasteiger partial charge in [0.1, 0.15) is 0 Å². The zero-order valence-electron chi connectivity index (χ0n) is 8.47. The number of hydrogen-bond donors (Lipinski definition) is 2. The van der Waals surface area contributed by atoms with E-state index in [1.807, 2.05) is 19.1 Å². The Hall–Kier alpha value is -1.07. The highest BCUT2D eigenvalue weighted by Crippen LogP contribution is 2.27. The first kappa shape index (κ1) is 10.4. The van der Waals surface area contributed by atoms with E-state index in [1.165, 1.54) is 0 Å². The molecule has 0 saturated carbocycles. The van der Waals surface area contributed by atoms with Crippen molar-refractivity contribution in [3.8, 4) is 0 Å². The largest absolute Gasteiger partial charge is 0.394 e. The number of thioether (sulfide) groups is 1. The number of nitrogens with one attached hydrogen (secondary N) is 1. The zero-order chi connectivity index (χ0) is 10.7. The summed E-state index contributed by atoms with van der Waals surface area (Å²) in [5.74, 6) is 0.812. The summed E-state index contributed by atoms with van der Waals surface area (Å²) < 4.78 is 0. The zero-order valence-corrected chi connectivity index (χ0v) is 9.29. The number of amidine groups is 1. The Bertz CT molecular complexity index is 368. The quantitative estimate of drug-likeness (QED) is 0.794. The van der Waals surface area contributed by atoms with Crippen LogP contribution in [0.1, 0.15) is 6.92 Å². The summed E-state index contributed by atoms with van der Waals surface area (Å²) in [6, 6.07) is 3.80. The van der Waals surface area contributed by atoms with Gasteiger partial charge < -0.3 is 10.4 Å². The first-order valence-electron chi connectivity index (χ1n) is 4.72. The first-order chi connectivity index (χ1) is 7.22. The van der Waals surface area contributed by atoms with E-state index in [2.05, 4.69) is 15.3 Å². The van der Waals surface area contributed by atoms with Crippen LogP contribution >= 0.6 is 11.8 Å². The van der Waals surface area contributed by atoms with E-state index in [9.17, 15) is 0 Å². The molecule has 1 aliphatic heterocycles. The molecule has 2 heterocycles. The SMILES string of the molecule is C[C@]1(CO)CSC(Nc2cccnc2)=N1. The predicted octanol–water partition coefficient (Wildman–Crippen LogP) is 1.35. The lowest BCUT2D eigenvalue weighted by atomic mass is 10.1. The van der Waals surface area contributed by atoms with Gasteiger partial charge in [-0.1, -0.05) is 11.8 Å². The van der Waals surface area contributed by atoms with Crippen LogP contribution in [0.25, 0.3) is 0 Å². The van der Waals surface area contributed by atoms with Gasteiger partial charge in [-0.2, -0.15) is 0 Å². The van der Waals surface area contributed by atoms with Gasteiger partial charge in [-0.05, 0) is 19.1 Å². The summed E-state index contributed by atoms with van der Waals surface area (Å²) in [6.07, 6.45) is 3.48. The number of aliphatic imine (C=N–C) groups is 1. The summed E-state index contributed by atoms with van der Waals surface area (Å²) in [5, 5.41) is 13.2. The Balaban J connectivity index is 2.06. The summed E-state index contributed by atoms with van der Waals surface area (Å²) in [6.45, 7) is 2.02. The second-order valence-corrected chi connectivity index (χ2v) is 4.69. The molecule has 0 spiro atoms. The summed E-state index contributed by atoms with van der Waals surface area (Å²) in [5.41, 5.74) is 0.584. The lowest BCUT2D eigenvalue weighted by Crippen LogP contribution is -2.26. The molecule has 2 rings (SSSR count).